The monoisotopic (exact) mass is 296 g/mol. The molecule has 0 aliphatic carbocycles. The average molecular weight is 297 g/mol. The number of anilines is 1. The highest BCUT2D eigenvalue weighted by Crippen LogP contribution is 2.26. The predicted molar refractivity (Wildman–Crippen MR) is 78.4 cm³/mol. The minimum Gasteiger partial charge on any atom is -0.383 e. The minimum atomic E-state index is -0.0451. The fourth-order valence-corrected chi connectivity index (χ4v) is 2.37. The number of nitrogen functional groups attached to an aromatic ring is 1. The Kier molecular flexibility index (Phi) is 4.58. The lowest BCUT2D eigenvalue weighted by atomic mass is 10.0. The van der Waals surface area contributed by atoms with Crippen LogP contribution in [-0.4, -0.2) is 17.0 Å². The van der Waals surface area contributed by atoms with Gasteiger partial charge >= 0.3 is 0 Å². The highest BCUT2D eigenvalue weighted by molar-refractivity contribution is 6.34. The van der Waals surface area contributed by atoms with E-state index in [1.54, 1.807) is 18.5 Å². The number of hydrogen-bond acceptors (Lipinski definition) is 4. The van der Waals surface area contributed by atoms with Crippen molar-refractivity contribution in [1.82, 2.24) is 15.3 Å². The van der Waals surface area contributed by atoms with E-state index in [1.165, 1.54) is 0 Å². The lowest BCUT2D eigenvalue weighted by Crippen LogP contribution is -2.21. The van der Waals surface area contributed by atoms with Gasteiger partial charge in [0.1, 0.15) is 5.82 Å². The Morgan fingerprint density at radius 1 is 1.37 bits per heavy atom. The lowest BCUT2D eigenvalue weighted by molar-refractivity contribution is 0.576. The summed E-state index contributed by atoms with van der Waals surface area (Å²) >= 11 is 12.0. The predicted octanol–water partition coefficient (Wildman–Crippen LogP) is 2.87. The maximum absolute atomic E-state index is 6.18. The molecule has 0 fully saturated rings. The maximum Gasteiger partial charge on any atom is 0.126 e. The van der Waals surface area contributed by atoms with Gasteiger partial charge in [-0.2, -0.15) is 0 Å². The van der Waals surface area contributed by atoms with E-state index >= 15 is 0 Å². The van der Waals surface area contributed by atoms with E-state index in [1.807, 2.05) is 19.2 Å². The van der Waals surface area contributed by atoms with Crippen molar-refractivity contribution in [1.29, 1.82) is 0 Å². The van der Waals surface area contributed by atoms with Crippen LogP contribution in [0.3, 0.4) is 0 Å². The third kappa shape index (κ3) is 3.35. The van der Waals surface area contributed by atoms with Crippen molar-refractivity contribution in [2.75, 3.05) is 12.8 Å². The molecule has 0 aliphatic heterocycles. The molecule has 2 aromatic rings. The van der Waals surface area contributed by atoms with Gasteiger partial charge < -0.3 is 11.1 Å². The van der Waals surface area contributed by atoms with Crippen molar-refractivity contribution in [3.8, 4) is 0 Å². The molecule has 0 spiro atoms. The minimum absolute atomic E-state index is 0.0451. The van der Waals surface area contributed by atoms with E-state index in [-0.39, 0.29) is 6.04 Å². The van der Waals surface area contributed by atoms with E-state index in [0.29, 0.717) is 22.3 Å². The summed E-state index contributed by atoms with van der Waals surface area (Å²) in [5.74, 6) is 0.521. The number of nitrogens with one attached hydrogen (secondary N) is 1. The van der Waals surface area contributed by atoms with Crippen LogP contribution in [0, 0.1) is 0 Å². The number of hydrogen-bond donors (Lipinski definition) is 2. The van der Waals surface area contributed by atoms with Crippen LogP contribution >= 0.6 is 23.2 Å². The largest absolute Gasteiger partial charge is 0.383 e. The molecule has 0 aromatic carbocycles. The highest BCUT2D eigenvalue weighted by atomic mass is 35.5. The second-order valence-corrected chi connectivity index (χ2v) is 4.96. The van der Waals surface area contributed by atoms with E-state index in [0.717, 1.165) is 11.3 Å². The Balaban J connectivity index is 2.28. The van der Waals surface area contributed by atoms with Crippen molar-refractivity contribution < 1.29 is 0 Å². The number of halogens is 2. The lowest BCUT2D eigenvalue weighted by Gasteiger charge is -2.17. The molecule has 2 rings (SSSR count). The molecule has 4 nitrogen and oxygen atoms in total. The quantitative estimate of drug-likeness (QED) is 0.911. The number of pyridine rings is 2. The van der Waals surface area contributed by atoms with Gasteiger partial charge in [0.2, 0.25) is 0 Å². The van der Waals surface area contributed by atoms with E-state index in [2.05, 4.69) is 15.3 Å². The first kappa shape index (κ1) is 14.1. The third-order valence-electron chi connectivity index (χ3n) is 2.86. The van der Waals surface area contributed by atoms with Crippen molar-refractivity contribution >= 4 is 29.0 Å². The molecule has 100 valence electrons. The van der Waals surface area contributed by atoms with E-state index in [4.69, 9.17) is 28.9 Å². The van der Waals surface area contributed by atoms with Gasteiger partial charge in [-0.25, -0.2) is 4.98 Å². The van der Waals surface area contributed by atoms with E-state index < -0.39 is 0 Å². The standard InChI is InChI=1S/C13H14Cl2N4/c1-17-11(5-8-3-2-4-18-13(8)16)12-10(15)6-9(14)7-19-12/h2-4,6-7,11,17H,5H2,1H3,(H2,16,18). The molecule has 0 saturated carbocycles. The Bertz CT molecular complexity index is 574. The number of nitrogens with zero attached hydrogens (tertiary/aromatic N) is 2. The molecular formula is C13H14Cl2N4. The van der Waals surface area contributed by atoms with Gasteiger partial charge in [0.15, 0.2) is 0 Å². The third-order valence-corrected chi connectivity index (χ3v) is 3.37. The molecule has 1 atom stereocenters. The summed E-state index contributed by atoms with van der Waals surface area (Å²) in [4.78, 5) is 8.36. The molecule has 6 heteroatoms. The van der Waals surface area contributed by atoms with Crippen molar-refractivity contribution in [2.24, 2.45) is 0 Å². The van der Waals surface area contributed by atoms with Gasteiger partial charge in [0, 0.05) is 12.4 Å². The summed E-state index contributed by atoms with van der Waals surface area (Å²) in [6.45, 7) is 0. The van der Waals surface area contributed by atoms with Crippen molar-refractivity contribution in [3.05, 3.63) is 51.9 Å². The molecule has 2 aromatic heterocycles. The van der Waals surface area contributed by atoms with E-state index in [9.17, 15) is 0 Å². The number of aromatic nitrogens is 2. The summed E-state index contributed by atoms with van der Waals surface area (Å²) in [5, 5.41) is 4.24. The molecule has 0 radical (unpaired) electrons. The van der Waals surface area contributed by atoms with Gasteiger partial charge in [-0.3, -0.25) is 4.98 Å². The summed E-state index contributed by atoms with van der Waals surface area (Å²) in [6, 6.07) is 5.44. The molecule has 0 aliphatic rings. The molecule has 1 unspecified atom stereocenters. The van der Waals surface area contributed by atoms with Gasteiger partial charge in [-0.05, 0) is 31.2 Å². The SMILES string of the molecule is CNC(Cc1cccnc1N)c1ncc(Cl)cc1Cl. The second kappa shape index (κ2) is 6.19. The molecule has 0 amide bonds. The first-order chi connectivity index (χ1) is 9.11. The van der Waals surface area contributed by atoms with Crippen LogP contribution in [0.4, 0.5) is 5.82 Å². The molecule has 0 bridgehead atoms. The first-order valence-electron chi connectivity index (χ1n) is 5.79. The highest BCUT2D eigenvalue weighted by Gasteiger charge is 2.16. The summed E-state index contributed by atoms with van der Waals surface area (Å²) in [6.07, 6.45) is 3.91. The Morgan fingerprint density at radius 2 is 2.16 bits per heavy atom. The van der Waals surface area contributed by atoms with Gasteiger partial charge in [0.25, 0.3) is 0 Å². The molecule has 0 saturated heterocycles. The summed E-state index contributed by atoms with van der Waals surface area (Å²) in [5.41, 5.74) is 7.55. The normalized spacial score (nSPS) is 12.4. The van der Waals surface area contributed by atoms with Gasteiger partial charge in [0.05, 0.1) is 21.8 Å². The second-order valence-electron chi connectivity index (χ2n) is 4.11. The maximum atomic E-state index is 6.18. The summed E-state index contributed by atoms with van der Waals surface area (Å²) < 4.78 is 0. The van der Waals surface area contributed by atoms with Crippen molar-refractivity contribution in [3.63, 3.8) is 0 Å². The van der Waals surface area contributed by atoms with Crippen LogP contribution in [0.25, 0.3) is 0 Å². The summed E-state index contributed by atoms with van der Waals surface area (Å²) in [7, 11) is 1.85. The Labute approximate surface area is 122 Å². The fourth-order valence-electron chi connectivity index (χ4n) is 1.86. The smallest absolute Gasteiger partial charge is 0.126 e. The Morgan fingerprint density at radius 3 is 2.79 bits per heavy atom. The zero-order valence-electron chi connectivity index (χ0n) is 10.4. The van der Waals surface area contributed by atoms with Crippen LogP contribution in [0.15, 0.2) is 30.6 Å². The van der Waals surface area contributed by atoms with Crippen LogP contribution in [0.2, 0.25) is 10.0 Å². The zero-order valence-corrected chi connectivity index (χ0v) is 11.9. The van der Waals surface area contributed by atoms with Crippen LogP contribution in [-0.2, 0) is 6.42 Å². The number of likely N-dealkylation sites (N-methyl/N-ethyl adjacent to an activating group) is 1. The van der Waals surface area contributed by atoms with Crippen molar-refractivity contribution in [2.45, 2.75) is 12.5 Å². The molecular weight excluding hydrogens is 283 g/mol. The van der Waals surface area contributed by atoms with Gasteiger partial charge in [-0.1, -0.05) is 29.3 Å². The average Bonchev–Trinajstić information content (AvgIpc) is 2.39. The molecule has 3 N–H and O–H groups in total. The molecule has 19 heavy (non-hydrogen) atoms. The molecule has 2 heterocycles. The number of nitrogens with two attached hydrogens (primary N) is 1. The number of rotatable bonds is 4. The van der Waals surface area contributed by atoms with Crippen LogP contribution < -0.4 is 11.1 Å². The Hall–Kier alpha value is -1.36. The zero-order chi connectivity index (χ0) is 13.8. The fraction of sp³-hybridized carbons (Fsp3) is 0.231. The van der Waals surface area contributed by atoms with Gasteiger partial charge in [-0.15, -0.1) is 0 Å². The van der Waals surface area contributed by atoms with Crippen LogP contribution in [0.5, 0.6) is 0 Å². The topological polar surface area (TPSA) is 63.8 Å². The first-order valence-corrected chi connectivity index (χ1v) is 6.55. The van der Waals surface area contributed by atoms with Crippen LogP contribution in [0.1, 0.15) is 17.3 Å².